The second-order valence-corrected chi connectivity index (χ2v) is 5.13. The van der Waals surface area contributed by atoms with E-state index in [-0.39, 0.29) is 11.3 Å². The minimum Gasteiger partial charge on any atom is -0.396 e. The molecule has 0 atom stereocenters. The van der Waals surface area contributed by atoms with Gasteiger partial charge < -0.3 is 11.1 Å². The van der Waals surface area contributed by atoms with E-state index in [1.165, 1.54) is 12.8 Å². The van der Waals surface area contributed by atoms with Crippen LogP contribution >= 0.6 is 0 Å². The Labute approximate surface area is 108 Å². The van der Waals surface area contributed by atoms with E-state index in [9.17, 15) is 4.79 Å². The van der Waals surface area contributed by atoms with E-state index in [0.717, 1.165) is 19.3 Å². The molecule has 0 spiro atoms. The summed E-state index contributed by atoms with van der Waals surface area (Å²) in [6, 6.07) is 0. The predicted octanol–water partition coefficient (Wildman–Crippen LogP) is 1.55. The summed E-state index contributed by atoms with van der Waals surface area (Å²) in [7, 11) is 0. The van der Waals surface area contributed by atoms with Crippen molar-refractivity contribution in [3.8, 4) is 0 Å². The van der Waals surface area contributed by atoms with Crippen molar-refractivity contribution in [1.29, 1.82) is 0 Å². The molecule has 1 aliphatic rings. The van der Waals surface area contributed by atoms with Gasteiger partial charge in [-0.2, -0.15) is 5.10 Å². The lowest BCUT2D eigenvalue weighted by atomic mass is 9.82. The summed E-state index contributed by atoms with van der Waals surface area (Å²) in [5, 5.41) is 7.12. The number of hydrogen-bond donors (Lipinski definition) is 2. The van der Waals surface area contributed by atoms with Gasteiger partial charge in [-0.15, -0.1) is 0 Å². The molecule has 1 aromatic rings. The number of amides is 1. The summed E-state index contributed by atoms with van der Waals surface area (Å²) < 4.78 is 1.75. The molecule has 5 nitrogen and oxygen atoms in total. The molecule has 1 heterocycles. The molecular weight excluding hydrogens is 228 g/mol. The first kappa shape index (κ1) is 12.9. The first-order valence-corrected chi connectivity index (χ1v) is 6.72. The average Bonchev–Trinajstić information content (AvgIpc) is 2.99. The quantitative estimate of drug-likeness (QED) is 0.832. The number of hydrogen-bond acceptors (Lipinski definition) is 3. The zero-order valence-electron chi connectivity index (χ0n) is 11.0. The molecule has 1 aliphatic carbocycles. The Morgan fingerprint density at radius 3 is 2.83 bits per heavy atom. The average molecular weight is 250 g/mol. The Bertz CT molecular complexity index is 407. The van der Waals surface area contributed by atoms with Gasteiger partial charge in [-0.3, -0.25) is 9.48 Å². The molecule has 0 radical (unpaired) electrons. The fourth-order valence-corrected chi connectivity index (χ4v) is 2.77. The fourth-order valence-electron chi connectivity index (χ4n) is 2.77. The minimum atomic E-state index is -0.108. The maximum absolute atomic E-state index is 12.2. The van der Waals surface area contributed by atoms with Crippen LogP contribution in [0.2, 0.25) is 0 Å². The van der Waals surface area contributed by atoms with Crippen molar-refractivity contribution in [2.75, 3.05) is 12.3 Å². The number of nitrogen functional groups attached to an aromatic ring is 1. The van der Waals surface area contributed by atoms with Gasteiger partial charge in [0.2, 0.25) is 5.91 Å². The molecular formula is C13H22N4O. The molecule has 0 bridgehead atoms. The van der Waals surface area contributed by atoms with Gasteiger partial charge in [-0.1, -0.05) is 19.8 Å². The Kier molecular flexibility index (Phi) is 3.89. The molecule has 3 N–H and O–H groups in total. The van der Waals surface area contributed by atoms with Crippen LogP contribution in [0.15, 0.2) is 12.4 Å². The summed E-state index contributed by atoms with van der Waals surface area (Å²) >= 11 is 0. The number of nitrogens with zero attached hydrogens (tertiary/aromatic N) is 2. The number of carbonyl (C=O) groups excluding carboxylic acids is 1. The van der Waals surface area contributed by atoms with Crippen molar-refractivity contribution >= 4 is 11.6 Å². The molecule has 0 aromatic carbocycles. The molecule has 2 rings (SSSR count). The van der Waals surface area contributed by atoms with Gasteiger partial charge in [0.1, 0.15) is 0 Å². The molecule has 0 aliphatic heterocycles. The summed E-state index contributed by atoms with van der Waals surface area (Å²) in [6.45, 7) is 3.39. The second kappa shape index (κ2) is 5.42. The van der Waals surface area contributed by atoms with Crippen LogP contribution in [0, 0.1) is 5.41 Å². The highest BCUT2D eigenvalue weighted by Gasteiger charge is 2.38. The number of aromatic nitrogens is 2. The van der Waals surface area contributed by atoms with Gasteiger partial charge in [-0.25, -0.2) is 0 Å². The third-order valence-electron chi connectivity index (χ3n) is 4.00. The van der Waals surface area contributed by atoms with E-state index < -0.39 is 0 Å². The van der Waals surface area contributed by atoms with Crippen molar-refractivity contribution in [1.82, 2.24) is 15.1 Å². The van der Waals surface area contributed by atoms with Gasteiger partial charge in [0.15, 0.2) is 0 Å². The van der Waals surface area contributed by atoms with Crippen molar-refractivity contribution in [3.05, 3.63) is 12.4 Å². The standard InChI is InChI=1S/C13H22N4O/c1-2-13(5-3-4-6-13)12(18)15-7-8-17-10-11(14)9-16-17/h9-10H,2-8,14H2,1H3,(H,15,18). The molecule has 1 saturated carbocycles. The van der Waals surface area contributed by atoms with Gasteiger partial charge in [0.05, 0.1) is 18.4 Å². The smallest absolute Gasteiger partial charge is 0.226 e. The van der Waals surface area contributed by atoms with E-state index >= 15 is 0 Å². The highest BCUT2D eigenvalue weighted by Crippen LogP contribution is 2.40. The maximum Gasteiger partial charge on any atom is 0.226 e. The highest BCUT2D eigenvalue weighted by atomic mass is 16.2. The second-order valence-electron chi connectivity index (χ2n) is 5.13. The fraction of sp³-hybridized carbons (Fsp3) is 0.692. The molecule has 1 fully saturated rings. The number of nitrogens with one attached hydrogen (secondary N) is 1. The van der Waals surface area contributed by atoms with Crippen LogP contribution in [0.5, 0.6) is 0 Å². The number of carbonyl (C=O) groups is 1. The first-order valence-electron chi connectivity index (χ1n) is 6.72. The number of nitrogens with two attached hydrogens (primary N) is 1. The monoisotopic (exact) mass is 250 g/mol. The Balaban J connectivity index is 1.81. The maximum atomic E-state index is 12.2. The minimum absolute atomic E-state index is 0.108. The molecule has 0 saturated heterocycles. The zero-order chi connectivity index (χ0) is 13.0. The lowest BCUT2D eigenvalue weighted by Gasteiger charge is -2.25. The molecule has 100 valence electrons. The van der Waals surface area contributed by atoms with E-state index in [1.807, 2.05) is 0 Å². The summed E-state index contributed by atoms with van der Waals surface area (Å²) in [6.07, 6.45) is 8.75. The summed E-state index contributed by atoms with van der Waals surface area (Å²) in [5.74, 6) is 0.211. The van der Waals surface area contributed by atoms with Crippen molar-refractivity contribution < 1.29 is 4.79 Å². The number of rotatable bonds is 5. The van der Waals surface area contributed by atoms with E-state index in [1.54, 1.807) is 17.1 Å². The lowest BCUT2D eigenvalue weighted by Crippen LogP contribution is -2.40. The third kappa shape index (κ3) is 2.66. The van der Waals surface area contributed by atoms with Crippen molar-refractivity contribution in [2.24, 2.45) is 5.41 Å². The molecule has 1 aromatic heterocycles. The SMILES string of the molecule is CCC1(C(=O)NCCn2cc(N)cn2)CCCC1. The van der Waals surface area contributed by atoms with Crippen LogP contribution in [0.4, 0.5) is 5.69 Å². The Hall–Kier alpha value is -1.52. The van der Waals surface area contributed by atoms with Crippen LogP contribution in [0.3, 0.4) is 0 Å². The Morgan fingerprint density at radius 2 is 2.28 bits per heavy atom. The summed E-state index contributed by atoms with van der Waals surface area (Å²) in [4.78, 5) is 12.2. The van der Waals surface area contributed by atoms with Crippen LogP contribution < -0.4 is 11.1 Å². The van der Waals surface area contributed by atoms with Gasteiger partial charge in [-0.05, 0) is 19.3 Å². The van der Waals surface area contributed by atoms with Crippen LogP contribution in [-0.2, 0) is 11.3 Å². The molecule has 5 heteroatoms. The first-order chi connectivity index (χ1) is 8.66. The molecule has 0 unspecified atom stereocenters. The molecule has 1 amide bonds. The van der Waals surface area contributed by atoms with Crippen LogP contribution in [0.1, 0.15) is 39.0 Å². The Morgan fingerprint density at radius 1 is 1.56 bits per heavy atom. The third-order valence-corrected chi connectivity index (χ3v) is 4.00. The van der Waals surface area contributed by atoms with Crippen LogP contribution in [-0.4, -0.2) is 22.2 Å². The highest BCUT2D eigenvalue weighted by molar-refractivity contribution is 5.82. The summed E-state index contributed by atoms with van der Waals surface area (Å²) in [5.41, 5.74) is 6.13. The van der Waals surface area contributed by atoms with Crippen LogP contribution in [0.25, 0.3) is 0 Å². The van der Waals surface area contributed by atoms with Gasteiger partial charge >= 0.3 is 0 Å². The van der Waals surface area contributed by atoms with E-state index in [4.69, 9.17) is 5.73 Å². The lowest BCUT2D eigenvalue weighted by molar-refractivity contribution is -0.131. The van der Waals surface area contributed by atoms with Crippen molar-refractivity contribution in [2.45, 2.75) is 45.6 Å². The zero-order valence-corrected chi connectivity index (χ0v) is 11.0. The molecule has 18 heavy (non-hydrogen) atoms. The number of anilines is 1. The van der Waals surface area contributed by atoms with E-state index in [0.29, 0.717) is 18.8 Å². The van der Waals surface area contributed by atoms with Gasteiger partial charge in [0, 0.05) is 18.2 Å². The van der Waals surface area contributed by atoms with Crippen molar-refractivity contribution in [3.63, 3.8) is 0 Å². The largest absolute Gasteiger partial charge is 0.396 e. The van der Waals surface area contributed by atoms with Gasteiger partial charge in [0.25, 0.3) is 0 Å². The predicted molar refractivity (Wildman–Crippen MR) is 70.8 cm³/mol. The topological polar surface area (TPSA) is 72.9 Å². The normalized spacial score (nSPS) is 17.8. The van der Waals surface area contributed by atoms with E-state index in [2.05, 4.69) is 17.3 Å².